The van der Waals surface area contributed by atoms with E-state index in [1.807, 2.05) is 11.3 Å². The van der Waals surface area contributed by atoms with Crippen molar-refractivity contribution in [1.29, 1.82) is 0 Å². The molecule has 0 spiro atoms. The summed E-state index contributed by atoms with van der Waals surface area (Å²) in [6, 6.07) is 4.32. The van der Waals surface area contributed by atoms with Crippen molar-refractivity contribution in [2.75, 3.05) is 25.9 Å². The Labute approximate surface area is 184 Å². The van der Waals surface area contributed by atoms with Gasteiger partial charge in [-0.2, -0.15) is 0 Å². The van der Waals surface area contributed by atoms with E-state index in [2.05, 4.69) is 76.9 Å². The van der Waals surface area contributed by atoms with E-state index >= 15 is 0 Å². The van der Waals surface area contributed by atoms with Gasteiger partial charge in [0.25, 0.3) is 0 Å². The summed E-state index contributed by atoms with van der Waals surface area (Å²) in [5.41, 5.74) is 0. The molecule has 2 aromatic heterocycles. The minimum absolute atomic E-state index is 0.531. The van der Waals surface area contributed by atoms with E-state index in [1.165, 1.54) is 4.88 Å². The molecule has 8 heteroatoms. The number of thiophene rings is 1. The molecule has 1 unspecified atom stereocenters. The Balaban J connectivity index is 1.81. The molecule has 0 aliphatic heterocycles. The number of thioether (sulfide) groups is 1. The van der Waals surface area contributed by atoms with Crippen LogP contribution in [0, 0.1) is 11.8 Å². The van der Waals surface area contributed by atoms with E-state index in [0.717, 1.165) is 62.4 Å². The smallest absolute Gasteiger partial charge is 0.191 e. The van der Waals surface area contributed by atoms with Gasteiger partial charge in [0, 0.05) is 37.5 Å². The molecule has 0 amide bonds. The summed E-state index contributed by atoms with van der Waals surface area (Å²) in [7, 11) is 0. The molecule has 0 aromatic carbocycles. The Bertz CT molecular complexity index is 724. The first-order valence-corrected chi connectivity index (χ1v) is 12.6. The monoisotopic (exact) mass is 436 g/mol. The van der Waals surface area contributed by atoms with Gasteiger partial charge in [0.2, 0.25) is 0 Å². The van der Waals surface area contributed by atoms with Crippen molar-refractivity contribution in [3.8, 4) is 0 Å². The predicted octanol–water partition coefficient (Wildman–Crippen LogP) is 4.08. The molecule has 0 aliphatic carbocycles. The fourth-order valence-electron chi connectivity index (χ4n) is 3.08. The summed E-state index contributed by atoms with van der Waals surface area (Å²) in [6.07, 6.45) is 5.07. The number of nitrogens with zero attached hydrogens (tertiary/aromatic N) is 4. The first-order valence-electron chi connectivity index (χ1n) is 10.5. The van der Waals surface area contributed by atoms with Crippen LogP contribution in [0.5, 0.6) is 0 Å². The Morgan fingerprint density at radius 1 is 1.28 bits per heavy atom. The topological polar surface area (TPSA) is 67.1 Å². The minimum atomic E-state index is 0.531. The van der Waals surface area contributed by atoms with Gasteiger partial charge in [-0.1, -0.05) is 38.6 Å². The molecule has 0 saturated heterocycles. The number of guanidine groups is 1. The third-order valence-corrected chi connectivity index (χ3v) is 5.99. The second-order valence-corrected chi connectivity index (χ2v) is 9.55. The number of hydrogen-bond acceptors (Lipinski definition) is 5. The number of nitrogens with one attached hydrogen (secondary N) is 2. The summed E-state index contributed by atoms with van der Waals surface area (Å²) in [6.45, 7) is 12.4. The van der Waals surface area contributed by atoms with Crippen LogP contribution >= 0.6 is 23.1 Å². The van der Waals surface area contributed by atoms with E-state index < -0.39 is 0 Å². The van der Waals surface area contributed by atoms with Crippen molar-refractivity contribution >= 4 is 29.1 Å². The number of aliphatic imine (C=N–C) groups is 1. The lowest BCUT2D eigenvalue weighted by atomic mass is 10.1. The van der Waals surface area contributed by atoms with Crippen LogP contribution in [-0.4, -0.2) is 46.6 Å². The lowest BCUT2D eigenvalue weighted by molar-refractivity contribution is 0.477. The van der Waals surface area contributed by atoms with E-state index in [-0.39, 0.29) is 0 Å². The van der Waals surface area contributed by atoms with E-state index in [0.29, 0.717) is 11.8 Å². The fraction of sp³-hybridized carbons (Fsp3) is 0.667. The SMILES string of the molecule is CCNC(=NCC(C)Cc1cccs1)NCCCc1nnc(SC)n1CC(C)C. The van der Waals surface area contributed by atoms with Gasteiger partial charge in [-0.15, -0.1) is 21.5 Å². The summed E-state index contributed by atoms with van der Waals surface area (Å²) >= 11 is 3.49. The maximum Gasteiger partial charge on any atom is 0.191 e. The number of hydrogen-bond donors (Lipinski definition) is 2. The van der Waals surface area contributed by atoms with E-state index in [4.69, 9.17) is 4.99 Å². The Morgan fingerprint density at radius 2 is 2.10 bits per heavy atom. The molecule has 0 aliphatic rings. The summed E-state index contributed by atoms with van der Waals surface area (Å²) in [4.78, 5) is 6.21. The molecule has 2 aromatic rings. The first kappa shape index (κ1) is 23.7. The molecule has 2 N–H and O–H groups in total. The highest BCUT2D eigenvalue weighted by atomic mass is 32.2. The third-order valence-electron chi connectivity index (χ3n) is 4.43. The molecule has 2 rings (SSSR count). The normalized spacial score (nSPS) is 13.1. The Hall–Kier alpha value is -1.54. The van der Waals surface area contributed by atoms with Crippen molar-refractivity contribution < 1.29 is 0 Å². The van der Waals surface area contributed by atoms with Crippen LogP contribution in [0.25, 0.3) is 0 Å². The van der Waals surface area contributed by atoms with Crippen LogP contribution in [-0.2, 0) is 19.4 Å². The molecule has 1 atom stereocenters. The van der Waals surface area contributed by atoms with Gasteiger partial charge in [0.05, 0.1) is 0 Å². The Kier molecular flexibility index (Phi) is 10.6. The highest BCUT2D eigenvalue weighted by molar-refractivity contribution is 7.98. The molecule has 0 saturated carbocycles. The zero-order chi connectivity index (χ0) is 21.1. The van der Waals surface area contributed by atoms with Crippen LogP contribution in [0.2, 0.25) is 0 Å². The highest BCUT2D eigenvalue weighted by Gasteiger charge is 2.12. The largest absolute Gasteiger partial charge is 0.357 e. The van der Waals surface area contributed by atoms with Gasteiger partial charge in [-0.25, -0.2) is 0 Å². The number of rotatable bonds is 12. The lowest BCUT2D eigenvalue weighted by Gasteiger charge is -2.14. The minimum Gasteiger partial charge on any atom is -0.357 e. The zero-order valence-corrected chi connectivity index (χ0v) is 20.1. The zero-order valence-electron chi connectivity index (χ0n) is 18.4. The molecule has 0 fully saturated rings. The second kappa shape index (κ2) is 12.9. The van der Waals surface area contributed by atoms with Gasteiger partial charge >= 0.3 is 0 Å². The molecule has 0 radical (unpaired) electrons. The average Bonchev–Trinajstić information content (AvgIpc) is 3.32. The van der Waals surface area contributed by atoms with Gasteiger partial charge in [0.15, 0.2) is 11.1 Å². The van der Waals surface area contributed by atoms with Gasteiger partial charge in [-0.3, -0.25) is 4.99 Å². The first-order chi connectivity index (χ1) is 14.0. The van der Waals surface area contributed by atoms with Gasteiger partial charge in [0.1, 0.15) is 5.82 Å². The lowest BCUT2D eigenvalue weighted by Crippen LogP contribution is -2.38. The van der Waals surface area contributed by atoms with Gasteiger partial charge < -0.3 is 15.2 Å². The molecule has 29 heavy (non-hydrogen) atoms. The van der Waals surface area contributed by atoms with Crippen LogP contribution in [0.15, 0.2) is 27.7 Å². The number of aryl methyl sites for hydroxylation is 1. The second-order valence-electron chi connectivity index (χ2n) is 7.75. The molecular weight excluding hydrogens is 400 g/mol. The molecule has 2 heterocycles. The predicted molar refractivity (Wildman–Crippen MR) is 126 cm³/mol. The fourth-order valence-corrected chi connectivity index (χ4v) is 4.47. The van der Waals surface area contributed by atoms with Crippen LogP contribution in [0.4, 0.5) is 0 Å². The highest BCUT2D eigenvalue weighted by Crippen LogP contribution is 2.17. The van der Waals surface area contributed by atoms with Gasteiger partial charge in [-0.05, 0) is 49.3 Å². The quantitative estimate of drug-likeness (QED) is 0.227. The van der Waals surface area contributed by atoms with Crippen molar-refractivity contribution in [2.45, 2.75) is 58.7 Å². The van der Waals surface area contributed by atoms with Crippen molar-refractivity contribution in [3.63, 3.8) is 0 Å². The third kappa shape index (κ3) is 8.38. The summed E-state index contributed by atoms with van der Waals surface area (Å²) in [5.74, 6) is 3.09. The molecule has 162 valence electrons. The van der Waals surface area contributed by atoms with Crippen LogP contribution in [0.1, 0.15) is 44.8 Å². The Morgan fingerprint density at radius 3 is 2.76 bits per heavy atom. The van der Waals surface area contributed by atoms with Crippen molar-refractivity contribution in [2.24, 2.45) is 16.8 Å². The maximum absolute atomic E-state index is 4.78. The maximum atomic E-state index is 4.78. The van der Waals surface area contributed by atoms with E-state index in [1.54, 1.807) is 11.8 Å². The standard InChI is InChI=1S/C21H36N6S2/c1-6-22-20(24-14-17(4)13-18-9-8-12-29-18)23-11-7-10-19-25-26-21(28-5)27(19)15-16(2)3/h8-9,12,16-17H,6-7,10-11,13-15H2,1-5H3,(H2,22,23,24). The average molecular weight is 437 g/mol. The van der Waals surface area contributed by atoms with Crippen molar-refractivity contribution in [1.82, 2.24) is 25.4 Å². The molecule has 0 bridgehead atoms. The molecule has 6 nitrogen and oxygen atoms in total. The van der Waals surface area contributed by atoms with E-state index in [9.17, 15) is 0 Å². The van der Waals surface area contributed by atoms with Crippen LogP contribution in [0.3, 0.4) is 0 Å². The number of aromatic nitrogens is 3. The summed E-state index contributed by atoms with van der Waals surface area (Å²) < 4.78 is 2.26. The van der Waals surface area contributed by atoms with Crippen molar-refractivity contribution in [3.05, 3.63) is 28.2 Å². The molecular formula is C21H36N6S2. The summed E-state index contributed by atoms with van der Waals surface area (Å²) in [5, 5.41) is 18.7. The van der Waals surface area contributed by atoms with Crippen LogP contribution < -0.4 is 10.6 Å².